The standard InChI is InChI=1S/C25H27ClN8O5S/c1-14(2)39-20(23-29-11-16(26)12-30-23)15(3)40(35,36)33-25-32-31-24-17-7-5-8-19(37-4)21(17)38-13-18(34(24)25)22-27-9-6-10-28-22/h5-12,14-15,18,20H,13H2,1-4H3,(H,32,33)/t15-,18-,20+/m0/s1. The van der Waals surface area contributed by atoms with Gasteiger partial charge in [0.05, 0.1) is 23.8 Å². The van der Waals surface area contributed by atoms with Crippen LogP contribution in [0.1, 0.15) is 44.6 Å². The predicted octanol–water partition coefficient (Wildman–Crippen LogP) is 3.47. The van der Waals surface area contributed by atoms with Crippen molar-refractivity contribution in [3.05, 3.63) is 65.7 Å². The van der Waals surface area contributed by atoms with Crippen LogP contribution < -0.4 is 14.2 Å². The van der Waals surface area contributed by atoms with Crippen LogP contribution in [0.15, 0.2) is 49.1 Å². The Morgan fingerprint density at radius 1 is 1.07 bits per heavy atom. The maximum absolute atomic E-state index is 13.8. The molecule has 1 aliphatic rings. The maximum atomic E-state index is 13.8. The number of rotatable bonds is 9. The zero-order valence-electron chi connectivity index (χ0n) is 22.1. The van der Waals surface area contributed by atoms with Crippen molar-refractivity contribution in [2.24, 2.45) is 0 Å². The summed E-state index contributed by atoms with van der Waals surface area (Å²) in [6.45, 7) is 5.16. The van der Waals surface area contributed by atoms with Crippen LogP contribution in [0.3, 0.4) is 0 Å². The van der Waals surface area contributed by atoms with E-state index in [1.165, 1.54) is 26.4 Å². The highest BCUT2D eigenvalue weighted by Gasteiger charge is 2.38. The molecule has 0 radical (unpaired) electrons. The molecule has 0 fully saturated rings. The van der Waals surface area contributed by atoms with Crippen molar-refractivity contribution >= 4 is 27.6 Å². The second-order valence-electron chi connectivity index (χ2n) is 9.21. The van der Waals surface area contributed by atoms with E-state index in [9.17, 15) is 8.42 Å². The number of sulfonamides is 1. The lowest BCUT2D eigenvalue weighted by molar-refractivity contribution is 0.00154. The molecule has 0 saturated heterocycles. The van der Waals surface area contributed by atoms with Crippen LogP contribution in [-0.2, 0) is 14.8 Å². The van der Waals surface area contributed by atoms with Crippen molar-refractivity contribution in [1.29, 1.82) is 0 Å². The van der Waals surface area contributed by atoms with Gasteiger partial charge >= 0.3 is 0 Å². The SMILES string of the molecule is COc1cccc2c1OC[C@@H](c1ncccn1)n1c(NS(=O)(=O)[C@@H](C)[C@@H](OC(C)C)c3ncc(Cl)cn3)nnc1-2. The molecular weight excluding hydrogens is 560 g/mol. The van der Waals surface area contributed by atoms with Gasteiger partial charge in [0.25, 0.3) is 0 Å². The summed E-state index contributed by atoms with van der Waals surface area (Å²) in [6, 6.07) is 6.35. The van der Waals surface area contributed by atoms with Gasteiger partial charge in [-0.3, -0.25) is 9.29 Å². The van der Waals surface area contributed by atoms with Crippen LogP contribution in [-0.4, -0.2) is 68.2 Å². The van der Waals surface area contributed by atoms with Crippen LogP contribution in [0.2, 0.25) is 5.02 Å². The second kappa shape index (κ2) is 11.3. The number of fused-ring (bicyclic) bond motifs is 3. The van der Waals surface area contributed by atoms with Crippen LogP contribution in [0, 0.1) is 0 Å². The lowest BCUT2D eigenvalue weighted by atomic mass is 10.1. The first-order valence-electron chi connectivity index (χ1n) is 12.4. The first-order valence-corrected chi connectivity index (χ1v) is 14.3. The molecule has 15 heteroatoms. The minimum Gasteiger partial charge on any atom is -0.493 e. The van der Waals surface area contributed by atoms with Crippen molar-refractivity contribution in [1.82, 2.24) is 34.7 Å². The van der Waals surface area contributed by atoms with E-state index in [1.54, 1.807) is 55.1 Å². The van der Waals surface area contributed by atoms with Gasteiger partial charge in [0, 0.05) is 24.8 Å². The summed E-state index contributed by atoms with van der Waals surface area (Å²) < 4.78 is 49.4. The highest BCUT2D eigenvalue weighted by atomic mass is 35.5. The molecule has 210 valence electrons. The zero-order chi connectivity index (χ0) is 28.4. The lowest BCUT2D eigenvalue weighted by Gasteiger charge is -2.26. The quantitative estimate of drug-likeness (QED) is 0.306. The Morgan fingerprint density at radius 2 is 1.80 bits per heavy atom. The minimum absolute atomic E-state index is 0.0427. The molecule has 3 atom stereocenters. The highest BCUT2D eigenvalue weighted by molar-refractivity contribution is 7.93. The van der Waals surface area contributed by atoms with Crippen LogP contribution in [0.5, 0.6) is 11.5 Å². The smallest absolute Gasteiger partial charge is 0.240 e. The van der Waals surface area contributed by atoms with Crippen molar-refractivity contribution in [3.63, 3.8) is 0 Å². The molecule has 0 saturated carbocycles. The third-order valence-electron chi connectivity index (χ3n) is 6.18. The molecule has 0 unspecified atom stereocenters. The molecule has 13 nitrogen and oxygen atoms in total. The van der Waals surface area contributed by atoms with E-state index in [4.69, 9.17) is 25.8 Å². The Kier molecular flexibility index (Phi) is 7.83. The monoisotopic (exact) mass is 586 g/mol. The zero-order valence-corrected chi connectivity index (χ0v) is 23.7. The molecule has 4 aromatic rings. The van der Waals surface area contributed by atoms with Gasteiger partial charge in [0.15, 0.2) is 29.0 Å². The van der Waals surface area contributed by atoms with Gasteiger partial charge in [-0.05, 0) is 39.0 Å². The number of nitrogens with zero attached hydrogens (tertiary/aromatic N) is 7. The molecule has 0 aliphatic carbocycles. The fourth-order valence-electron chi connectivity index (χ4n) is 4.28. The van der Waals surface area contributed by atoms with Crippen molar-refractivity contribution in [2.75, 3.05) is 18.4 Å². The minimum atomic E-state index is -4.15. The normalized spacial score (nSPS) is 16.3. The molecule has 40 heavy (non-hydrogen) atoms. The fraction of sp³-hybridized carbons (Fsp3) is 0.360. The van der Waals surface area contributed by atoms with Gasteiger partial charge in [-0.15, -0.1) is 10.2 Å². The van der Waals surface area contributed by atoms with Gasteiger partial charge in [-0.2, -0.15) is 0 Å². The highest BCUT2D eigenvalue weighted by Crippen LogP contribution is 2.42. The number of ether oxygens (including phenoxy) is 3. The molecule has 0 bridgehead atoms. The summed E-state index contributed by atoms with van der Waals surface area (Å²) in [5.41, 5.74) is 0.569. The maximum Gasteiger partial charge on any atom is 0.240 e. The number of hydrogen-bond donors (Lipinski definition) is 1. The van der Waals surface area contributed by atoms with Gasteiger partial charge in [-0.1, -0.05) is 17.7 Å². The summed E-state index contributed by atoms with van der Waals surface area (Å²) in [6.07, 6.45) is 4.66. The number of hydrogen-bond acceptors (Lipinski definition) is 11. The summed E-state index contributed by atoms with van der Waals surface area (Å²) in [7, 11) is -2.61. The van der Waals surface area contributed by atoms with Gasteiger partial charge in [0.1, 0.15) is 24.0 Å². The van der Waals surface area contributed by atoms with Gasteiger partial charge in [0.2, 0.25) is 16.0 Å². The Balaban J connectivity index is 1.57. The van der Waals surface area contributed by atoms with Gasteiger partial charge in [-0.25, -0.2) is 28.4 Å². The topological polar surface area (TPSA) is 156 Å². The molecule has 0 spiro atoms. The number of para-hydroxylation sites is 1. The number of halogens is 1. The Hall–Kier alpha value is -3.88. The molecule has 3 aromatic heterocycles. The fourth-order valence-corrected chi connectivity index (χ4v) is 5.47. The van der Waals surface area contributed by atoms with E-state index >= 15 is 0 Å². The number of aromatic nitrogens is 7. The van der Waals surface area contributed by atoms with E-state index in [-0.39, 0.29) is 24.5 Å². The van der Waals surface area contributed by atoms with Crippen molar-refractivity contribution < 1.29 is 22.6 Å². The first-order chi connectivity index (χ1) is 19.2. The predicted molar refractivity (Wildman–Crippen MR) is 146 cm³/mol. The molecule has 1 aliphatic heterocycles. The van der Waals surface area contributed by atoms with E-state index in [1.807, 2.05) is 0 Å². The van der Waals surface area contributed by atoms with Crippen LogP contribution >= 0.6 is 11.6 Å². The molecule has 4 heterocycles. The summed E-state index contributed by atoms with van der Waals surface area (Å²) in [5.74, 6) is 1.82. The summed E-state index contributed by atoms with van der Waals surface area (Å²) >= 11 is 5.94. The summed E-state index contributed by atoms with van der Waals surface area (Å²) in [4.78, 5) is 17.2. The third-order valence-corrected chi connectivity index (χ3v) is 8.07. The average molecular weight is 587 g/mol. The Bertz CT molecular complexity index is 1580. The number of nitrogens with one attached hydrogen (secondary N) is 1. The third kappa shape index (κ3) is 5.42. The second-order valence-corrected chi connectivity index (χ2v) is 11.7. The number of benzene rings is 1. The number of methoxy groups -OCH3 is 1. The van der Waals surface area contributed by atoms with E-state index in [2.05, 4.69) is 34.9 Å². The van der Waals surface area contributed by atoms with E-state index < -0.39 is 27.4 Å². The summed E-state index contributed by atoms with van der Waals surface area (Å²) in [5, 5.41) is 7.75. The van der Waals surface area contributed by atoms with Crippen molar-refractivity contribution in [2.45, 2.75) is 44.3 Å². The lowest BCUT2D eigenvalue weighted by Crippen LogP contribution is -2.35. The van der Waals surface area contributed by atoms with Crippen LogP contribution in [0.25, 0.3) is 11.4 Å². The molecule has 5 rings (SSSR count). The van der Waals surface area contributed by atoms with E-state index in [0.29, 0.717) is 33.7 Å². The molecule has 1 aromatic carbocycles. The Labute approximate surface area is 236 Å². The number of anilines is 1. The van der Waals surface area contributed by atoms with E-state index in [0.717, 1.165) is 0 Å². The molecule has 0 amide bonds. The first kappa shape index (κ1) is 27.7. The Morgan fingerprint density at radius 3 is 2.48 bits per heavy atom. The van der Waals surface area contributed by atoms with Crippen LogP contribution in [0.4, 0.5) is 5.95 Å². The van der Waals surface area contributed by atoms with Gasteiger partial charge < -0.3 is 14.2 Å². The van der Waals surface area contributed by atoms with Crippen molar-refractivity contribution in [3.8, 4) is 22.9 Å². The molecule has 1 N–H and O–H groups in total. The molecular formula is C25H27ClN8O5S. The average Bonchev–Trinajstić information content (AvgIpc) is 3.26. The largest absolute Gasteiger partial charge is 0.493 e.